The Labute approximate surface area is 87.2 Å². The van der Waals surface area contributed by atoms with Gasteiger partial charge in [-0.05, 0) is 25.3 Å². The molecule has 0 aliphatic carbocycles. The third-order valence-electron chi connectivity index (χ3n) is 2.77. The van der Waals surface area contributed by atoms with Gasteiger partial charge in [0.15, 0.2) is 9.84 Å². The van der Waals surface area contributed by atoms with Gasteiger partial charge in [0.1, 0.15) is 0 Å². The molecule has 1 aliphatic rings. The molecule has 1 aliphatic heterocycles. The minimum absolute atomic E-state index is 0.208. The minimum Gasteiger partial charge on any atom is -0.313 e. The standard InChI is InChI=1S/C10H21NO2S/c1-3-4-9(2)7-11-10-5-6-14(12,13)8-10/h9-11H,3-8H2,1-2H3/t9-,10-/m1/s1. The molecule has 0 aromatic heterocycles. The Morgan fingerprint density at radius 1 is 1.50 bits per heavy atom. The molecular weight excluding hydrogens is 198 g/mol. The Balaban J connectivity index is 2.20. The molecule has 0 bridgehead atoms. The smallest absolute Gasteiger partial charge is 0.151 e. The Hall–Kier alpha value is -0.0900. The molecule has 1 rings (SSSR count). The molecule has 0 aromatic carbocycles. The van der Waals surface area contributed by atoms with Crippen LogP contribution < -0.4 is 5.32 Å². The molecule has 0 spiro atoms. The molecule has 2 atom stereocenters. The van der Waals surface area contributed by atoms with Crippen molar-refractivity contribution in [3.63, 3.8) is 0 Å². The van der Waals surface area contributed by atoms with Gasteiger partial charge in [-0.3, -0.25) is 0 Å². The van der Waals surface area contributed by atoms with Crippen LogP contribution in [0.25, 0.3) is 0 Å². The molecule has 1 fully saturated rings. The first-order valence-corrected chi connectivity index (χ1v) is 7.29. The molecule has 0 unspecified atom stereocenters. The lowest BCUT2D eigenvalue weighted by Crippen LogP contribution is -2.33. The number of sulfone groups is 1. The highest BCUT2D eigenvalue weighted by atomic mass is 32.2. The normalized spacial score (nSPS) is 27.7. The van der Waals surface area contributed by atoms with E-state index in [0.717, 1.165) is 13.0 Å². The van der Waals surface area contributed by atoms with Crippen LogP contribution in [-0.2, 0) is 9.84 Å². The summed E-state index contributed by atoms with van der Waals surface area (Å²) < 4.78 is 22.3. The molecular formula is C10H21NO2S. The van der Waals surface area contributed by atoms with Gasteiger partial charge in [-0.25, -0.2) is 8.42 Å². The van der Waals surface area contributed by atoms with E-state index in [9.17, 15) is 8.42 Å². The molecule has 0 aromatic rings. The Kier molecular flexibility index (Phi) is 4.38. The zero-order chi connectivity index (χ0) is 10.6. The number of hydrogen-bond donors (Lipinski definition) is 1. The van der Waals surface area contributed by atoms with Gasteiger partial charge in [-0.1, -0.05) is 20.3 Å². The Morgan fingerprint density at radius 3 is 2.71 bits per heavy atom. The van der Waals surface area contributed by atoms with Gasteiger partial charge in [0, 0.05) is 6.04 Å². The van der Waals surface area contributed by atoms with E-state index in [4.69, 9.17) is 0 Å². The van der Waals surface area contributed by atoms with Crippen molar-refractivity contribution in [2.75, 3.05) is 18.1 Å². The van der Waals surface area contributed by atoms with Crippen LogP contribution in [0.1, 0.15) is 33.1 Å². The van der Waals surface area contributed by atoms with Crippen LogP contribution in [0.2, 0.25) is 0 Å². The molecule has 0 saturated carbocycles. The topological polar surface area (TPSA) is 46.2 Å². The average molecular weight is 219 g/mol. The molecule has 1 saturated heterocycles. The first kappa shape index (κ1) is 12.0. The van der Waals surface area contributed by atoms with Gasteiger partial charge in [-0.2, -0.15) is 0 Å². The van der Waals surface area contributed by atoms with Gasteiger partial charge in [0.2, 0.25) is 0 Å². The first-order valence-electron chi connectivity index (χ1n) is 5.47. The van der Waals surface area contributed by atoms with E-state index in [1.165, 1.54) is 12.8 Å². The van der Waals surface area contributed by atoms with Crippen molar-refractivity contribution in [3.8, 4) is 0 Å². The predicted octanol–water partition coefficient (Wildman–Crippen LogP) is 1.20. The second kappa shape index (κ2) is 5.12. The van der Waals surface area contributed by atoms with Crippen molar-refractivity contribution in [3.05, 3.63) is 0 Å². The maximum atomic E-state index is 11.2. The average Bonchev–Trinajstić information content (AvgIpc) is 2.43. The van der Waals surface area contributed by atoms with Crippen molar-refractivity contribution >= 4 is 9.84 Å². The fourth-order valence-electron chi connectivity index (χ4n) is 1.92. The van der Waals surface area contributed by atoms with E-state index in [0.29, 0.717) is 17.4 Å². The molecule has 3 nitrogen and oxygen atoms in total. The molecule has 14 heavy (non-hydrogen) atoms. The predicted molar refractivity (Wildman–Crippen MR) is 59.1 cm³/mol. The van der Waals surface area contributed by atoms with E-state index in [1.54, 1.807) is 0 Å². The summed E-state index contributed by atoms with van der Waals surface area (Å²) in [6, 6.07) is 0.208. The zero-order valence-corrected chi connectivity index (χ0v) is 9.94. The summed E-state index contributed by atoms with van der Waals surface area (Å²) in [5.74, 6) is 1.36. The van der Waals surface area contributed by atoms with Crippen LogP contribution in [0.5, 0.6) is 0 Å². The summed E-state index contributed by atoms with van der Waals surface area (Å²) in [6.07, 6.45) is 3.21. The largest absolute Gasteiger partial charge is 0.313 e. The lowest BCUT2D eigenvalue weighted by atomic mass is 10.1. The Bertz CT molecular complexity index is 261. The van der Waals surface area contributed by atoms with Crippen LogP contribution in [0.15, 0.2) is 0 Å². The van der Waals surface area contributed by atoms with Crippen molar-refractivity contribution < 1.29 is 8.42 Å². The molecule has 0 amide bonds. The Morgan fingerprint density at radius 2 is 2.21 bits per heavy atom. The van der Waals surface area contributed by atoms with Gasteiger partial charge >= 0.3 is 0 Å². The lowest BCUT2D eigenvalue weighted by Gasteiger charge is -2.15. The second-order valence-electron chi connectivity index (χ2n) is 4.40. The van der Waals surface area contributed by atoms with Crippen molar-refractivity contribution in [2.45, 2.75) is 39.2 Å². The minimum atomic E-state index is -2.72. The van der Waals surface area contributed by atoms with E-state index in [2.05, 4.69) is 19.2 Å². The number of hydrogen-bond acceptors (Lipinski definition) is 3. The van der Waals surface area contributed by atoms with Crippen LogP contribution >= 0.6 is 0 Å². The SMILES string of the molecule is CCC[C@@H](C)CN[C@@H]1CCS(=O)(=O)C1. The maximum absolute atomic E-state index is 11.2. The molecule has 84 valence electrons. The maximum Gasteiger partial charge on any atom is 0.151 e. The third kappa shape index (κ3) is 3.96. The van der Waals surface area contributed by atoms with Crippen LogP contribution in [-0.4, -0.2) is 32.5 Å². The molecule has 1 N–H and O–H groups in total. The molecule has 1 heterocycles. The molecule has 0 radical (unpaired) electrons. The summed E-state index contributed by atoms with van der Waals surface area (Å²) in [5.41, 5.74) is 0. The van der Waals surface area contributed by atoms with Gasteiger partial charge in [0.25, 0.3) is 0 Å². The van der Waals surface area contributed by atoms with Crippen molar-refractivity contribution in [1.29, 1.82) is 0 Å². The molecule has 4 heteroatoms. The number of rotatable bonds is 5. The fourth-order valence-corrected chi connectivity index (χ4v) is 3.63. The summed E-state index contributed by atoms with van der Waals surface area (Å²) in [4.78, 5) is 0. The second-order valence-corrected chi connectivity index (χ2v) is 6.63. The van der Waals surface area contributed by atoms with E-state index >= 15 is 0 Å². The van der Waals surface area contributed by atoms with Gasteiger partial charge in [0.05, 0.1) is 11.5 Å². The zero-order valence-electron chi connectivity index (χ0n) is 9.12. The fraction of sp³-hybridized carbons (Fsp3) is 1.00. The third-order valence-corrected chi connectivity index (χ3v) is 4.54. The van der Waals surface area contributed by atoms with Crippen LogP contribution in [0.3, 0.4) is 0 Å². The van der Waals surface area contributed by atoms with Gasteiger partial charge < -0.3 is 5.32 Å². The van der Waals surface area contributed by atoms with E-state index in [-0.39, 0.29) is 6.04 Å². The summed E-state index contributed by atoms with van der Waals surface area (Å²) in [6.45, 7) is 5.34. The van der Waals surface area contributed by atoms with E-state index < -0.39 is 9.84 Å². The highest BCUT2D eigenvalue weighted by Crippen LogP contribution is 2.12. The highest BCUT2D eigenvalue weighted by molar-refractivity contribution is 7.91. The number of nitrogens with one attached hydrogen (secondary N) is 1. The van der Waals surface area contributed by atoms with Crippen molar-refractivity contribution in [2.24, 2.45) is 5.92 Å². The first-order chi connectivity index (χ1) is 6.53. The van der Waals surface area contributed by atoms with Gasteiger partial charge in [-0.15, -0.1) is 0 Å². The lowest BCUT2D eigenvalue weighted by molar-refractivity contribution is 0.440. The summed E-state index contributed by atoms with van der Waals surface area (Å²) >= 11 is 0. The monoisotopic (exact) mass is 219 g/mol. The highest BCUT2D eigenvalue weighted by Gasteiger charge is 2.27. The van der Waals surface area contributed by atoms with E-state index in [1.807, 2.05) is 0 Å². The summed E-state index contributed by atoms with van der Waals surface area (Å²) in [7, 11) is -2.72. The van der Waals surface area contributed by atoms with Crippen LogP contribution in [0, 0.1) is 5.92 Å². The quantitative estimate of drug-likeness (QED) is 0.756. The summed E-state index contributed by atoms with van der Waals surface area (Å²) in [5, 5.41) is 3.34. The van der Waals surface area contributed by atoms with Crippen molar-refractivity contribution in [1.82, 2.24) is 5.32 Å². The van der Waals surface area contributed by atoms with Crippen LogP contribution in [0.4, 0.5) is 0 Å².